The van der Waals surface area contributed by atoms with E-state index >= 15 is 0 Å². The number of aromatic nitrogens is 3. The van der Waals surface area contributed by atoms with Crippen LogP contribution in [-0.2, 0) is 0 Å². The van der Waals surface area contributed by atoms with Crippen molar-refractivity contribution in [2.45, 2.75) is 0 Å². The highest BCUT2D eigenvalue weighted by atomic mass is 35.5. The molecule has 0 spiro atoms. The highest BCUT2D eigenvalue weighted by Crippen LogP contribution is 2.22. The van der Waals surface area contributed by atoms with Gasteiger partial charge in [-0.1, -0.05) is 23.2 Å². The number of aromatic amines is 2. The summed E-state index contributed by atoms with van der Waals surface area (Å²) in [7, 11) is 0. The SMILES string of the molecule is O=c1[nH][nH]c(=O)n1-c1ccc(Cl)cc1Cl. The number of H-pyrrole nitrogens is 2. The molecule has 15 heavy (non-hydrogen) atoms. The number of halogens is 2. The summed E-state index contributed by atoms with van der Waals surface area (Å²) in [6.07, 6.45) is 0. The Morgan fingerprint density at radius 3 is 2.20 bits per heavy atom. The van der Waals surface area contributed by atoms with E-state index in [1.807, 2.05) is 0 Å². The third-order valence-corrected chi connectivity index (χ3v) is 2.37. The van der Waals surface area contributed by atoms with E-state index in [1.54, 1.807) is 6.07 Å². The topological polar surface area (TPSA) is 70.7 Å². The highest BCUT2D eigenvalue weighted by Gasteiger charge is 2.09. The molecule has 1 heterocycles. The normalized spacial score (nSPS) is 10.5. The van der Waals surface area contributed by atoms with Crippen molar-refractivity contribution in [2.24, 2.45) is 0 Å². The predicted octanol–water partition coefficient (Wildman–Crippen LogP) is 1.16. The molecule has 0 saturated heterocycles. The van der Waals surface area contributed by atoms with Gasteiger partial charge in [-0.3, -0.25) is 0 Å². The molecule has 0 unspecified atom stereocenters. The fourth-order valence-electron chi connectivity index (χ4n) is 1.19. The molecule has 1 aromatic heterocycles. The van der Waals surface area contributed by atoms with Crippen molar-refractivity contribution in [3.63, 3.8) is 0 Å². The standard InChI is InChI=1S/C8H5Cl2N3O2/c9-4-1-2-6(5(10)3-4)13-7(14)11-12-8(13)15/h1-3H,(H,11,14)(H,12,15). The minimum Gasteiger partial charge on any atom is -0.247 e. The Kier molecular flexibility index (Phi) is 2.42. The van der Waals surface area contributed by atoms with Crippen LogP contribution in [0, 0.1) is 0 Å². The molecule has 0 aliphatic carbocycles. The van der Waals surface area contributed by atoms with Crippen molar-refractivity contribution in [3.8, 4) is 5.69 Å². The van der Waals surface area contributed by atoms with Gasteiger partial charge in [-0.05, 0) is 18.2 Å². The third-order valence-electron chi connectivity index (χ3n) is 1.83. The lowest BCUT2D eigenvalue weighted by Crippen LogP contribution is -2.24. The van der Waals surface area contributed by atoms with Crippen molar-refractivity contribution >= 4 is 23.2 Å². The summed E-state index contributed by atoms with van der Waals surface area (Å²) in [5.74, 6) is 0. The number of rotatable bonds is 1. The zero-order valence-corrected chi connectivity index (χ0v) is 8.76. The molecule has 2 N–H and O–H groups in total. The first-order valence-corrected chi connectivity index (χ1v) is 4.70. The van der Waals surface area contributed by atoms with Crippen LogP contribution in [0.5, 0.6) is 0 Å². The van der Waals surface area contributed by atoms with Gasteiger partial charge in [-0.2, -0.15) is 0 Å². The fourth-order valence-corrected chi connectivity index (χ4v) is 1.69. The van der Waals surface area contributed by atoms with Gasteiger partial charge in [0.1, 0.15) is 0 Å². The van der Waals surface area contributed by atoms with Crippen molar-refractivity contribution in [2.75, 3.05) is 0 Å². The zero-order chi connectivity index (χ0) is 11.0. The van der Waals surface area contributed by atoms with Gasteiger partial charge >= 0.3 is 11.4 Å². The smallest absolute Gasteiger partial charge is 0.247 e. The second kappa shape index (κ2) is 3.60. The van der Waals surface area contributed by atoms with E-state index in [2.05, 4.69) is 10.2 Å². The maximum absolute atomic E-state index is 11.3. The van der Waals surface area contributed by atoms with Crippen LogP contribution < -0.4 is 11.4 Å². The number of hydrogen-bond donors (Lipinski definition) is 2. The molecular weight excluding hydrogens is 241 g/mol. The summed E-state index contributed by atoms with van der Waals surface area (Å²) < 4.78 is 0.888. The van der Waals surface area contributed by atoms with Crippen molar-refractivity contribution in [3.05, 3.63) is 49.2 Å². The Balaban J connectivity index is 2.75. The second-order valence-electron chi connectivity index (χ2n) is 2.79. The molecule has 0 aliphatic rings. The summed E-state index contributed by atoms with van der Waals surface area (Å²) in [4.78, 5) is 22.5. The van der Waals surface area contributed by atoms with E-state index in [-0.39, 0.29) is 10.7 Å². The van der Waals surface area contributed by atoms with Gasteiger partial charge < -0.3 is 0 Å². The maximum atomic E-state index is 11.3. The van der Waals surface area contributed by atoms with Gasteiger partial charge in [0, 0.05) is 5.02 Å². The van der Waals surface area contributed by atoms with Crippen LogP contribution in [0.4, 0.5) is 0 Å². The molecule has 0 atom stereocenters. The molecule has 5 nitrogen and oxygen atoms in total. The predicted molar refractivity (Wildman–Crippen MR) is 57.0 cm³/mol. The fraction of sp³-hybridized carbons (Fsp3) is 0. The van der Waals surface area contributed by atoms with E-state index in [4.69, 9.17) is 23.2 Å². The largest absolute Gasteiger partial charge is 0.349 e. The minimum atomic E-state index is -0.579. The molecule has 2 rings (SSSR count). The van der Waals surface area contributed by atoms with Crippen LogP contribution in [0.3, 0.4) is 0 Å². The highest BCUT2D eigenvalue weighted by molar-refractivity contribution is 6.35. The molecule has 0 amide bonds. The first-order valence-electron chi connectivity index (χ1n) is 3.95. The molecule has 0 bridgehead atoms. The van der Waals surface area contributed by atoms with Crippen molar-refractivity contribution < 1.29 is 0 Å². The lowest BCUT2D eigenvalue weighted by atomic mass is 10.3. The van der Waals surface area contributed by atoms with E-state index in [1.165, 1.54) is 12.1 Å². The lowest BCUT2D eigenvalue weighted by Gasteiger charge is -2.01. The second-order valence-corrected chi connectivity index (χ2v) is 3.64. The number of nitrogens with one attached hydrogen (secondary N) is 2. The van der Waals surface area contributed by atoms with Crippen molar-refractivity contribution in [1.82, 2.24) is 14.8 Å². The lowest BCUT2D eigenvalue weighted by molar-refractivity contribution is 0.952. The van der Waals surface area contributed by atoms with Crippen LogP contribution in [-0.4, -0.2) is 14.8 Å². The van der Waals surface area contributed by atoms with Crippen LogP contribution in [0.1, 0.15) is 0 Å². The molecular formula is C8H5Cl2N3O2. The Morgan fingerprint density at radius 1 is 1.07 bits per heavy atom. The molecule has 2 aromatic rings. The summed E-state index contributed by atoms with van der Waals surface area (Å²) in [6, 6.07) is 4.49. The molecule has 0 saturated carbocycles. The van der Waals surface area contributed by atoms with Crippen LogP contribution in [0.15, 0.2) is 27.8 Å². The van der Waals surface area contributed by atoms with E-state index < -0.39 is 11.4 Å². The Labute approximate surface area is 93.2 Å². The van der Waals surface area contributed by atoms with Crippen LogP contribution in [0.25, 0.3) is 5.69 Å². The van der Waals surface area contributed by atoms with Crippen LogP contribution >= 0.6 is 23.2 Å². The Hall–Kier alpha value is -1.46. The van der Waals surface area contributed by atoms with Gasteiger partial charge in [0.15, 0.2) is 0 Å². The molecule has 0 fully saturated rings. The summed E-state index contributed by atoms with van der Waals surface area (Å²) in [5.41, 5.74) is -0.873. The molecule has 0 aliphatic heterocycles. The van der Waals surface area contributed by atoms with Crippen LogP contribution in [0.2, 0.25) is 10.0 Å². The maximum Gasteiger partial charge on any atom is 0.349 e. The Bertz CT molecular complexity index is 583. The first-order chi connectivity index (χ1) is 7.09. The average Bonchev–Trinajstić information content (AvgIpc) is 2.48. The van der Waals surface area contributed by atoms with Gasteiger partial charge in [-0.15, -0.1) is 0 Å². The summed E-state index contributed by atoms with van der Waals surface area (Å²) in [6.45, 7) is 0. The number of hydrogen-bond acceptors (Lipinski definition) is 2. The molecule has 7 heteroatoms. The minimum absolute atomic E-state index is 0.231. The number of benzene rings is 1. The van der Waals surface area contributed by atoms with Gasteiger partial charge in [-0.25, -0.2) is 24.4 Å². The monoisotopic (exact) mass is 245 g/mol. The summed E-state index contributed by atoms with van der Waals surface area (Å²) >= 11 is 11.5. The van der Waals surface area contributed by atoms with E-state index in [0.717, 1.165) is 4.57 Å². The first kappa shape index (κ1) is 10.1. The van der Waals surface area contributed by atoms with E-state index in [9.17, 15) is 9.59 Å². The third kappa shape index (κ3) is 1.71. The molecule has 0 radical (unpaired) electrons. The quantitative estimate of drug-likeness (QED) is 0.792. The Morgan fingerprint density at radius 2 is 1.67 bits per heavy atom. The zero-order valence-electron chi connectivity index (χ0n) is 7.25. The van der Waals surface area contributed by atoms with Gasteiger partial charge in [0.25, 0.3) is 0 Å². The van der Waals surface area contributed by atoms with Gasteiger partial charge in [0.05, 0.1) is 10.7 Å². The average molecular weight is 246 g/mol. The number of nitrogens with zero attached hydrogens (tertiary/aromatic N) is 1. The van der Waals surface area contributed by atoms with Crippen molar-refractivity contribution in [1.29, 1.82) is 0 Å². The van der Waals surface area contributed by atoms with Gasteiger partial charge in [0.2, 0.25) is 0 Å². The molecule has 78 valence electrons. The molecule has 1 aromatic carbocycles. The van der Waals surface area contributed by atoms with E-state index in [0.29, 0.717) is 5.02 Å². The summed E-state index contributed by atoms with van der Waals surface area (Å²) in [5, 5.41) is 4.98.